The number of thiophene rings is 1. The number of rotatable bonds is 1. The molecule has 0 saturated heterocycles. The SMILES string of the molecule is NC1CCC(O)(c2ccc(Cl)s2)C1. The Morgan fingerprint density at radius 3 is 2.85 bits per heavy atom. The second kappa shape index (κ2) is 3.24. The van der Waals surface area contributed by atoms with Crippen LogP contribution in [0.1, 0.15) is 24.1 Å². The summed E-state index contributed by atoms with van der Waals surface area (Å²) < 4.78 is 0.726. The van der Waals surface area contributed by atoms with Crippen LogP contribution in [0.5, 0.6) is 0 Å². The van der Waals surface area contributed by atoms with Gasteiger partial charge in [-0.15, -0.1) is 11.3 Å². The third-order valence-corrected chi connectivity index (χ3v) is 3.98. The summed E-state index contributed by atoms with van der Waals surface area (Å²) in [5, 5.41) is 10.2. The first-order valence-corrected chi connectivity index (χ1v) is 5.53. The predicted molar refractivity (Wildman–Crippen MR) is 55.1 cm³/mol. The molecule has 1 aliphatic carbocycles. The topological polar surface area (TPSA) is 46.2 Å². The molecule has 4 heteroatoms. The summed E-state index contributed by atoms with van der Waals surface area (Å²) in [4.78, 5) is 0.949. The molecule has 0 amide bonds. The van der Waals surface area contributed by atoms with Crippen LogP contribution in [0.25, 0.3) is 0 Å². The van der Waals surface area contributed by atoms with E-state index in [4.69, 9.17) is 17.3 Å². The Morgan fingerprint density at radius 1 is 1.62 bits per heavy atom. The Morgan fingerprint density at radius 2 is 2.38 bits per heavy atom. The maximum absolute atomic E-state index is 10.2. The van der Waals surface area contributed by atoms with Gasteiger partial charge in [-0.25, -0.2) is 0 Å². The van der Waals surface area contributed by atoms with Gasteiger partial charge in [-0.2, -0.15) is 0 Å². The lowest BCUT2D eigenvalue weighted by Crippen LogP contribution is -2.24. The van der Waals surface area contributed by atoms with Crippen molar-refractivity contribution in [3.8, 4) is 0 Å². The van der Waals surface area contributed by atoms with Gasteiger partial charge in [0.15, 0.2) is 0 Å². The lowest BCUT2D eigenvalue weighted by molar-refractivity contribution is 0.0469. The normalized spacial score (nSPS) is 33.9. The van der Waals surface area contributed by atoms with E-state index in [1.807, 2.05) is 12.1 Å². The van der Waals surface area contributed by atoms with Gasteiger partial charge < -0.3 is 10.8 Å². The summed E-state index contributed by atoms with van der Waals surface area (Å²) in [6.45, 7) is 0. The van der Waals surface area contributed by atoms with Gasteiger partial charge in [-0.3, -0.25) is 0 Å². The molecule has 0 bridgehead atoms. The minimum atomic E-state index is -0.711. The van der Waals surface area contributed by atoms with Gasteiger partial charge in [-0.05, 0) is 31.4 Å². The molecular formula is C9H12ClNOS. The van der Waals surface area contributed by atoms with Crippen molar-refractivity contribution in [2.24, 2.45) is 5.73 Å². The van der Waals surface area contributed by atoms with Crippen molar-refractivity contribution >= 4 is 22.9 Å². The van der Waals surface area contributed by atoms with Crippen LogP contribution in [0.2, 0.25) is 4.34 Å². The molecule has 2 nitrogen and oxygen atoms in total. The summed E-state index contributed by atoms with van der Waals surface area (Å²) in [7, 11) is 0. The zero-order valence-electron chi connectivity index (χ0n) is 7.16. The van der Waals surface area contributed by atoms with Gasteiger partial charge in [0.25, 0.3) is 0 Å². The van der Waals surface area contributed by atoms with E-state index in [0.717, 1.165) is 22.1 Å². The van der Waals surface area contributed by atoms with Crippen molar-refractivity contribution in [2.75, 3.05) is 0 Å². The van der Waals surface area contributed by atoms with Crippen LogP contribution in [-0.4, -0.2) is 11.1 Å². The molecule has 1 heterocycles. The molecule has 3 N–H and O–H groups in total. The maximum atomic E-state index is 10.2. The Hall–Kier alpha value is -0.0900. The van der Waals surface area contributed by atoms with Crippen molar-refractivity contribution in [3.05, 3.63) is 21.3 Å². The van der Waals surface area contributed by atoms with Crippen LogP contribution in [0.15, 0.2) is 12.1 Å². The number of hydrogen-bond acceptors (Lipinski definition) is 3. The van der Waals surface area contributed by atoms with Crippen LogP contribution >= 0.6 is 22.9 Å². The van der Waals surface area contributed by atoms with Gasteiger partial charge in [0.1, 0.15) is 5.60 Å². The summed E-state index contributed by atoms with van der Waals surface area (Å²) >= 11 is 7.26. The zero-order chi connectivity index (χ0) is 9.47. The molecule has 1 aromatic rings. The quantitative estimate of drug-likeness (QED) is 0.757. The Labute approximate surface area is 86.3 Å². The van der Waals surface area contributed by atoms with E-state index >= 15 is 0 Å². The molecule has 1 saturated carbocycles. The fraction of sp³-hybridized carbons (Fsp3) is 0.556. The smallest absolute Gasteiger partial charge is 0.100 e. The first-order valence-electron chi connectivity index (χ1n) is 4.34. The first-order chi connectivity index (χ1) is 6.10. The van der Waals surface area contributed by atoms with Gasteiger partial charge in [0.05, 0.1) is 4.34 Å². The minimum absolute atomic E-state index is 0.130. The highest BCUT2D eigenvalue weighted by molar-refractivity contribution is 7.16. The fourth-order valence-corrected chi connectivity index (χ4v) is 3.02. The summed E-state index contributed by atoms with van der Waals surface area (Å²) in [6.07, 6.45) is 2.31. The van der Waals surface area contributed by atoms with Crippen molar-refractivity contribution in [2.45, 2.75) is 30.9 Å². The molecule has 72 valence electrons. The van der Waals surface area contributed by atoms with E-state index in [2.05, 4.69) is 0 Å². The van der Waals surface area contributed by atoms with E-state index in [-0.39, 0.29) is 6.04 Å². The number of aliphatic hydroxyl groups is 1. The molecule has 0 radical (unpaired) electrons. The molecule has 0 aliphatic heterocycles. The van der Waals surface area contributed by atoms with Gasteiger partial charge in [0, 0.05) is 10.9 Å². The highest BCUT2D eigenvalue weighted by Crippen LogP contribution is 2.41. The average Bonchev–Trinajstić information content (AvgIpc) is 2.60. The average molecular weight is 218 g/mol. The summed E-state index contributed by atoms with van der Waals surface area (Å²) in [5.41, 5.74) is 5.06. The number of halogens is 1. The van der Waals surface area contributed by atoms with Gasteiger partial charge >= 0.3 is 0 Å². The standard InChI is InChI=1S/C9H12ClNOS/c10-8-2-1-7(13-8)9(12)4-3-6(11)5-9/h1-2,6,12H,3-5,11H2. The molecule has 1 aliphatic rings. The highest BCUT2D eigenvalue weighted by atomic mass is 35.5. The molecule has 2 rings (SSSR count). The van der Waals surface area contributed by atoms with Crippen LogP contribution in [-0.2, 0) is 5.60 Å². The van der Waals surface area contributed by atoms with Crippen LogP contribution in [0.4, 0.5) is 0 Å². The zero-order valence-corrected chi connectivity index (χ0v) is 8.74. The molecular weight excluding hydrogens is 206 g/mol. The fourth-order valence-electron chi connectivity index (χ4n) is 1.85. The maximum Gasteiger partial charge on any atom is 0.100 e. The van der Waals surface area contributed by atoms with Gasteiger partial charge in [-0.1, -0.05) is 11.6 Å². The summed E-state index contributed by atoms with van der Waals surface area (Å²) in [5.74, 6) is 0. The van der Waals surface area contributed by atoms with Crippen molar-refractivity contribution in [1.82, 2.24) is 0 Å². The Bertz CT molecular complexity index is 314. The molecule has 2 unspecified atom stereocenters. The lowest BCUT2D eigenvalue weighted by Gasteiger charge is -2.20. The van der Waals surface area contributed by atoms with Crippen molar-refractivity contribution < 1.29 is 5.11 Å². The van der Waals surface area contributed by atoms with Gasteiger partial charge in [0.2, 0.25) is 0 Å². The molecule has 13 heavy (non-hydrogen) atoms. The van der Waals surface area contributed by atoms with E-state index in [9.17, 15) is 5.11 Å². The highest BCUT2D eigenvalue weighted by Gasteiger charge is 2.38. The molecule has 2 atom stereocenters. The van der Waals surface area contributed by atoms with Crippen LogP contribution in [0.3, 0.4) is 0 Å². The minimum Gasteiger partial charge on any atom is -0.384 e. The molecule has 0 spiro atoms. The monoisotopic (exact) mass is 217 g/mol. The largest absolute Gasteiger partial charge is 0.384 e. The van der Waals surface area contributed by atoms with E-state index in [1.165, 1.54) is 11.3 Å². The Kier molecular flexibility index (Phi) is 2.36. The van der Waals surface area contributed by atoms with Crippen molar-refractivity contribution in [3.63, 3.8) is 0 Å². The number of nitrogens with two attached hydrogens (primary N) is 1. The van der Waals surface area contributed by atoms with E-state index in [0.29, 0.717) is 6.42 Å². The Balaban J connectivity index is 2.25. The van der Waals surface area contributed by atoms with E-state index in [1.54, 1.807) is 0 Å². The van der Waals surface area contributed by atoms with Crippen molar-refractivity contribution in [1.29, 1.82) is 0 Å². The lowest BCUT2D eigenvalue weighted by atomic mass is 10.0. The molecule has 0 aromatic carbocycles. The van der Waals surface area contributed by atoms with Crippen LogP contribution < -0.4 is 5.73 Å². The first kappa shape index (κ1) is 9.46. The molecule has 1 fully saturated rings. The molecule has 1 aromatic heterocycles. The third kappa shape index (κ3) is 1.74. The van der Waals surface area contributed by atoms with E-state index < -0.39 is 5.60 Å². The van der Waals surface area contributed by atoms with Crippen LogP contribution in [0, 0.1) is 0 Å². The number of hydrogen-bond donors (Lipinski definition) is 2. The third-order valence-electron chi connectivity index (χ3n) is 2.56. The second-order valence-corrected chi connectivity index (χ2v) is 5.35. The second-order valence-electron chi connectivity index (χ2n) is 3.64. The summed E-state index contributed by atoms with van der Waals surface area (Å²) in [6, 6.07) is 3.85. The predicted octanol–water partition coefficient (Wildman–Crippen LogP) is 2.10.